The summed E-state index contributed by atoms with van der Waals surface area (Å²) < 4.78 is 27.8. The number of rotatable bonds is 8. The molecule has 2 aromatic rings. The summed E-state index contributed by atoms with van der Waals surface area (Å²) in [5.41, 5.74) is 1.95. The molecular formula is C21H26N2O3S. The predicted molar refractivity (Wildman–Crippen MR) is 107 cm³/mol. The fraction of sp³-hybridized carbons (Fsp3) is 0.381. The molecule has 0 radical (unpaired) electrons. The van der Waals surface area contributed by atoms with Gasteiger partial charge in [-0.05, 0) is 67.5 Å². The Hall–Kier alpha value is -2.34. The smallest absolute Gasteiger partial charge is 0.261 e. The molecule has 6 heteroatoms. The van der Waals surface area contributed by atoms with Gasteiger partial charge < -0.3 is 5.32 Å². The Morgan fingerprint density at radius 3 is 2.44 bits per heavy atom. The van der Waals surface area contributed by atoms with E-state index in [4.69, 9.17) is 0 Å². The van der Waals surface area contributed by atoms with Crippen molar-refractivity contribution >= 4 is 21.6 Å². The molecule has 0 spiro atoms. The van der Waals surface area contributed by atoms with Crippen LogP contribution in [0.2, 0.25) is 0 Å². The Balaban J connectivity index is 1.69. The average molecular weight is 387 g/mol. The molecule has 0 unspecified atom stereocenters. The molecule has 0 saturated heterocycles. The first-order valence-electron chi connectivity index (χ1n) is 9.36. The number of nitrogens with one attached hydrogen (secondary N) is 2. The monoisotopic (exact) mass is 386 g/mol. The predicted octanol–water partition coefficient (Wildman–Crippen LogP) is 3.97. The summed E-state index contributed by atoms with van der Waals surface area (Å²) in [4.78, 5) is 12.4. The van der Waals surface area contributed by atoms with Crippen molar-refractivity contribution in [1.29, 1.82) is 0 Å². The molecule has 1 fully saturated rings. The molecule has 1 amide bonds. The summed E-state index contributed by atoms with van der Waals surface area (Å²) in [5, 5.41) is 2.90. The lowest BCUT2D eigenvalue weighted by Crippen LogP contribution is -2.25. The minimum Gasteiger partial charge on any atom is -0.349 e. The van der Waals surface area contributed by atoms with Gasteiger partial charge in [-0.25, -0.2) is 8.42 Å². The first-order valence-corrected chi connectivity index (χ1v) is 10.8. The zero-order chi connectivity index (χ0) is 19.4. The van der Waals surface area contributed by atoms with Crippen molar-refractivity contribution in [2.45, 2.75) is 50.5 Å². The van der Waals surface area contributed by atoms with Crippen molar-refractivity contribution in [3.8, 4) is 0 Å². The lowest BCUT2D eigenvalue weighted by Gasteiger charge is -2.11. The Bertz CT molecular complexity index is 901. The maximum Gasteiger partial charge on any atom is 0.261 e. The highest BCUT2D eigenvalue weighted by atomic mass is 32.2. The van der Waals surface area contributed by atoms with Crippen molar-refractivity contribution in [2.24, 2.45) is 5.92 Å². The summed E-state index contributed by atoms with van der Waals surface area (Å²) >= 11 is 0. The molecule has 0 bridgehead atoms. The number of carbonyl (C=O) groups is 1. The van der Waals surface area contributed by atoms with Gasteiger partial charge in [0.1, 0.15) is 0 Å². The van der Waals surface area contributed by atoms with E-state index in [0.29, 0.717) is 17.2 Å². The van der Waals surface area contributed by atoms with Crippen LogP contribution >= 0.6 is 0 Å². The average Bonchev–Trinajstić information content (AvgIpc) is 3.44. The van der Waals surface area contributed by atoms with E-state index in [1.165, 1.54) is 0 Å². The normalized spacial score (nSPS) is 14.2. The van der Waals surface area contributed by atoms with Crippen LogP contribution in [0, 0.1) is 5.92 Å². The third-order valence-electron chi connectivity index (χ3n) is 4.53. The SMILES string of the molecule is CC(C)CCc1ccc(S(=O)(=O)Nc2cccc(C(=O)NC3CC3)c2)cc1. The fourth-order valence-electron chi connectivity index (χ4n) is 2.73. The second kappa shape index (κ2) is 8.13. The van der Waals surface area contributed by atoms with E-state index in [9.17, 15) is 13.2 Å². The van der Waals surface area contributed by atoms with Crippen LogP contribution in [0.3, 0.4) is 0 Å². The molecule has 144 valence electrons. The zero-order valence-electron chi connectivity index (χ0n) is 15.7. The second-order valence-corrected chi connectivity index (χ2v) is 9.19. The largest absolute Gasteiger partial charge is 0.349 e. The number of carbonyl (C=O) groups excluding carboxylic acids is 1. The van der Waals surface area contributed by atoms with E-state index < -0.39 is 10.0 Å². The first kappa shape index (κ1) is 19.4. The molecule has 0 aromatic heterocycles. The maximum absolute atomic E-state index is 12.6. The zero-order valence-corrected chi connectivity index (χ0v) is 16.6. The van der Waals surface area contributed by atoms with Crippen molar-refractivity contribution in [3.05, 3.63) is 59.7 Å². The lowest BCUT2D eigenvalue weighted by atomic mass is 10.0. The Morgan fingerprint density at radius 2 is 1.81 bits per heavy atom. The summed E-state index contributed by atoms with van der Waals surface area (Å²) in [5.74, 6) is 0.438. The summed E-state index contributed by atoms with van der Waals surface area (Å²) in [6, 6.07) is 13.8. The molecule has 3 rings (SSSR count). The van der Waals surface area contributed by atoms with Gasteiger partial charge >= 0.3 is 0 Å². The first-order chi connectivity index (χ1) is 12.8. The Morgan fingerprint density at radius 1 is 1.11 bits per heavy atom. The number of benzene rings is 2. The molecule has 2 aromatic carbocycles. The Kier molecular flexibility index (Phi) is 5.85. The molecular weight excluding hydrogens is 360 g/mol. The van der Waals surface area contributed by atoms with Gasteiger partial charge in [0.2, 0.25) is 0 Å². The molecule has 0 heterocycles. The molecule has 0 atom stereocenters. The maximum atomic E-state index is 12.6. The van der Waals surface area contributed by atoms with Crippen LogP contribution in [0.25, 0.3) is 0 Å². The van der Waals surface area contributed by atoms with Crippen LogP contribution in [-0.2, 0) is 16.4 Å². The number of hydrogen-bond acceptors (Lipinski definition) is 3. The van der Waals surface area contributed by atoms with Gasteiger partial charge in [0.05, 0.1) is 4.90 Å². The highest BCUT2D eigenvalue weighted by Gasteiger charge is 2.24. The van der Waals surface area contributed by atoms with Gasteiger partial charge in [-0.2, -0.15) is 0 Å². The molecule has 1 saturated carbocycles. The summed E-state index contributed by atoms with van der Waals surface area (Å²) in [7, 11) is -3.70. The van der Waals surface area contributed by atoms with Crippen LogP contribution < -0.4 is 10.0 Å². The van der Waals surface area contributed by atoms with Gasteiger partial charge in [-0.1, -0.05) is 32.0 Å². The van der Waals surface area contributed by atoms with Crippen molar-refractivity contribution < 1.29 is 13.2 Å². The number of hydrogen-bond donors (Lipinski definition) is 2. The molecule has 1 aliphatic carbocycles. The third-order valence-corrected chi connectivity index (χ3v) is 5.93. The van der Waals surface area contributed by atoms with E-state index in [-0.39, 0.29) is 16.8 Å². The molecule has 0 aliphatic heterocycles. The number of anilines is 1. The highest BCUT2D eigenvalue weighted by molar-refractivity contribution is 7.92. The van der Waals surface area contributed by atoms with Crippen LogP contribution in [-0.4, -0.2) is 20.4 Å². The molecule has 2 N–H and O–H groups in total. The van der Waals surface area contributed by atoms with Gasteiger partial charge in [0.15, 0.2) is 0 Å². The number of aryl methyl sites for hydroxylation is 1. The highest BCUT2D eigenvalue weighted by Crippen LogP contribution is 2.21. The van der Waals surface area contributed by atoms with Crippen LogP contribution in [0.15, 0.2) is 53.4 Å². The van der Waals surface area contributed by atoms with E-state index >= 15 is 0 Å². The second-order valence-electron chi connectivity index (χ2n) is 7.51. The topological polar surface area (TPSA) is 75.3 Å². The summed E-state index contributed by atoms with van der Waals surface area (Å²) in [6.07, 6.45) is 4.01. The van der Waals surface area contributed by atoms with Crippen LogP contribution in [0.5, 0.6) is 0 Å². The summed E-state index contributed by atoms with van der Waals surface area (Å²) in [6.45, 7) is 4.34. The number of sulfonamides is 1. The van der Waals surface area contributed by atoms with Gasteiger partial charge in [0.25, 0.3) is 15.9 Å². The van der Waals surface area contributed by atoms with Crippen molar-refractivity contribution in [3.63, 3.8) is 0 Å². The lowest BCUT2D eigenvalue weighted by molar-refractivity contribution is 0.0951. The fourth-order valence-corrected chi connectivity index (χ4v) is 3.77. The van der Waals surface area contributed by atoms with Crippen LogP contribution in [0.4, 0.5) is 5.69 Å². The standard InChI is InChI=1S/C21H26N2O3S/c1-15(2)6-7-16-8-12-20(13-9-16)27(25,26)23-19-5-3-4-17(14-19)21(24)22-18-10-11-18/h3-5,8-9,12-15,18,23H,6-7,10-11H2,1-2H3,(H,22,24). The number of amides is 1. The Labute approximate surface area is 161 Å². The van der Waals surface area contributed by atoms with Gasteiger partial charge in [-0.15, -0.1) is 0 Å². The van der Waals surface area contributed by atoms with Gasteiger partial charge in [-0.3, -0.25) is 9.52 Å². The third kappa shape index (κ3) is 5.57. The molecule has 5 nitrogen and oxygen atoms in total. The minimum atomic E-state index is -3.70. The van der Waals surface area contributed by atoms with Gasteiger partial charge in [0, 0.05) is 17.3 Å². The molecule has 27 heavy (non-hydrogen) atoms. The van der Waals surface area contributed by atoms with Crippen molar-refractivity contribution in [1.82, 2.24) is 5.32 Å². The van der Waals surface area contributed by atoms with Crippen molar-refractivity contribution in [2.75, 3.05) is 4.72 Å². The van der Waals surface area contributed by atoms with Crippen LogP contribution in [0.1, 0.15) is 49.0 Å². The van der Waals surface area contributed by atoms with E-state index in [1.807, 2.05) is 12.1 Å². The quantitative estimate of drug-likeness (QED) is 0.721. The van der Waals surface area contributed by atoms with E-state index in [1.54, 1.807) is 36.4 Å². The van der Waals surface area contributed by atoms with E-state index in [2.05, 4.69) is 23.9 Å². The van der Waals surface area contributed by atoms with E-state index in [0.717, 1.165) is 31.2 Å². The molecule has 1 aliphatic rings. The minimum absolute atomic E-state index is 0.173.